The van der Waals surface area contributed by atoms with Gasteiger partial charge in [-0.1, -0.05) is 56.1 Å². The molecular formula is C19H21ClN2O. The Morgan fingerprint density at radius 3 is 2.35 bits per heavy atom. The molecule has 0 radical (unpaired) electrons. The summed E-state index contributed by atoms with van der Waals surface area (Å²) >= 11 is 6.25. The molecule has 0 spiro atoms. The number of anilines is 1. The van der Waals surface area contributed by atoms with E-state index in [-0.39, 0.29) is 5.78 Å². The average Bonchev–Trinajstić information content (AvgIpc) is 2.89. The van der Waals surface area contributed by atoms with Crippen LogP contribution in [0.5, 0.6) is 0 Å². The van der Waals surface area contributed by atoms with Crippen molar-refractivity contribution in [3.8, 4) is 0 Å². The molecule has 0 amide bonds. The molecule has 1 aliphatic heterocycles. The minimum atomic E-state index is 0.0479. The van der Waals surface area contributed by atoms with Crippen LogP contribution in [-0.4, -0.2) is 5.78 Å². The Bertz CT molecular complexity index is 695. The highest BCUT2D eigenvalue weighted by Gasteiger charge is 2.22. The first-order valence-electron chi connectivity index (χ1n) is 6.98. The van der Waals surface area contributed by atoms with E-state index in [4.69, 9.17) is 17.3 Å². The zero-order chi connectivity index (χ0) is 17.6. The maximum absolute atomic E-state index is 11.4. The minimum absolute atomic E-state index is 0.0479. The number of hydrogen-bond donors (Lipinski definition) is 1. The first-order chi connectivity index (χ1) is 10.8. The van der Waals surface area contributed by atoms with E-state index in [0.29, 0.717) is 17.1 Å². The molecule has 3 nitrogen and oxygen atoms in total. The second kappa shape index (κ2) is 8.20. The fraction of sp³-hybridized carbons (Fsp3) is 0.105. The lowest BCUT2D eigenvalue weighted by Gasteiger charge is -2.19. The molecule has 120 valence electrons. The number of hydrogen-bond acceptors (Lipinski definition) is 3. The third-order valence-corrected chi connectivity index (χ3v) is 3.52. The molecule has 0 fully saturated rings. The zero-order valence-corrected chi connectivity index (χ0v) is 14.1. The van der Waals surface area contributed by atoms with Crippen LogP contribution in [-0.2, 0) is 4.79 Å². The van der Waals surface area contributed by atoms with Gasteiger partial charge in [-0.15, -0.1) is 0 Å². The fourth-order valence-electron chi connectivity index (χ4n) is 1.96. The molecule has 0 atom stereocenters. The number of allylic oxidation sites excluding steroid dienone is 3. The topological polar surface area (TPSA) is 46.3 Å². The SMILES string of the molecule is C=C(N)c1ccc(N2C=C(C(C)=O)CC2=C)c(Cl)c1.C=CC=C. The number of carbonyl (C=O) groups is 1. The van der Waals surface area contributed by atoms with Crippen LogP contribution in [0.1, 0.15) is 18.9 Å². The fourth-order valence-corrected chi connectivity index (χ4v) is 2.23. The number of rotatable bonds is 4. The molecule has 0 bridgehead atoms. The molecule has 0 saturated heterocycles. The third-order valence-electron chi connectivity index (χ3n) is 3.22. The monoisotopic (exact) mass is 328 g/mol. The number of halogens is 1. The van der Waals surface area contributed by atoms with Crippen molar-refractivity contribution in [2.75, 3.05) is 4.90 Å². The number of ketones is 1. The van der Waals surface area contributed by atoms with Gasteiger partial charge in [0.25, 0.3) is 0 Å². The summed E-state index contributed by atoms with van der Waals surface area (Å²) in [6, 6.07) is 5.45. The summed E-state index contributed by atoms with van der Waals surface area (Å²) < 4.78 is 0. The van der Waals surface area contributed by atoms with Crippen molar-refractivity contribution in [2.45, 2.75) is 13.3 Å². The highest BCUT2D eigenvalue weighted by Crippen LogP contribution is 2.35. The van der Waals surface area contributed by atoms with E-state index in [9.17, 15) is 4.79 Å². The highest BCUT2D eigenvalue weighted by molar-refractivity contribution is 6.33. The Morgan fingerprint density at radius 2 is 1.96 bits per heavy atom. The predicted molar refractivity (Wildman–Crippen MR) is 100 cm³/mol. The smallest absolute Gasteiger partial charge is 0.157 e. The van der Waals surface area contributed by atoms with Gasteiger partial charge in [-0.3, -0.25) is 4.79 Å². The van der Waals surface area contributed by atoms with Crippen LogP contribution in [0.15, 0.2) is 74.1 Å². The lowest BCUT2D eigenvalue weighted by Crippen LogP contribution is -2.10. The first kappa shape index (κ1) is 18.5. The highest BCUT2D eigenvalue weighted by atomic mass is 35.5. The number of nitrogens with zero attached hydrogens (tertiary/aromatic N) is 1. The second-order valence-corrected chi connectivity index (χ2v) is 5.39. The molecule has 0 saturated carbocycles. The lowest BCUT2D eigenvalue weighted by atomic mass is 10.1. The molecule has 1 heterocycles. The summed E-state index contributed by atoms with van der Waals surface area (Å²) in [5.74, 6) is 0.0479. The van der Waals surface area contributed by atoms with Crippen molar-refractivity contribution in [3.05, 3.63) is 84.7 Å². The van der Waals surface area contributed by atoms with Gasteiger partial charge in [-0.25, -0.2) is 0 Å². The van der Waals surface area contributed by atoms with E-state index < -0.39 is 0 Å². The van der Waals surface area contributed by atoms with E-state index in [2.05, 4.69) is 26.3 Å². The molecule has 0 aromatic heterocycles. The molecule has 1 aromatic rings. The molecular weight excluding hydrogens is 308 g/mol. The second-order valence-electron chi connectivity index (χ2n) is 4.99. The van der Waals surface area contributed by atoms with Crippen LogP contribution in [0.3, 0.4) is 0 Å². The predicted octanol–water partition coefficient (Wildman–Crippen LogP) is 4.82. The van der Waals surface area contributed by atoms with Crippen molar-refractivity contribution in [1.82, 2.24) is 0 Å². The van der Waals surface area contributed by atoms with Gasteiger partial charge in [0.1, 0.15) is 0 Å². The van der Waals surface area contributed by atoms with Gasteiger partial charge in [-0.2, -0.15) is 0 Å². The van der Waals surface area contributed by atoms with E-state index in [1.807, 2.05) is 17.0 Å². The number of benzene rings is 1. The molecule has 2 N–H and O–H groups in total. The third kappa shape index (κ3) is 4.73. The van der Waals surface area contributed by atoms with Gasteiger partial charge >= 0.3 is 0 Å². The molecule has 0 aliphatic carbocycles. The zero-order valence-electron chi connectivity index (χ0n) is 13.3. The van der Waals surface area contributed by atoms with Gasteiger partial charge in [0.05, 0.1) is 10.7 Å². The molecule has 4 heteroatoms. The summed E-state index contributed by atoms with van der Waals surface area (Å²) in [5, 5.41) is 0.548. The van der Waals surface area contributed by atoms with Crippen LogP contribution in [0.25, 0.3) is 5.70 Å². The molecule has 1 aliphatic rings. The van der Waals surface area contributed by atoms with Crippen molar-refractivity contribution in [2.24, 2.45) is 5.73 Å². The summed E-state index contributed by atoms with van der Waals surface area (Å²) in [6.07, 6.45) is 5.61. The molecule has 23 heavy (non-hydrogen) atoms. The van der Waals surface area contributed by atoms with Gasteiger partial charge in [0, 0.05) is 29.6 Å². The van der Waals surface area contributed by atoms with Gasteiger partial charge in [0.2, 0.25) is 0 Å². The number of nitrogens with two attached hydrogens (primary N) is 1. The summed E-state index contributed by atoms with van der Waals surface area (Å²) in [5.41, 5.74) is 9.23. The Labute approximate surface area is 142 Å². The Morgan fingerprint density at radius 1 is 1.35 bits per heavy atom. The van der Waals surface area contributed by atoms with Crippen LogP contribution < -0.4 is 10.6 Å². The van der Waals surface area contributed by atoms with Crippen molar-refractivity contribution >= 4 is 28.8 Å². The minimum Gasteiger partial charge on any atom is -0.399 e. The van der Waals surface area contributed by atoms with Crippen molar-refractivity contribution < 1.29 is 4.79 Å². The first-order valence-corrected chi connectivity index (χ1v) is 7.36. The average molecular weight is 329 g/mol. The molecule has 2 rings (SSSR count). The van der Waals surface area contributed by atoms with Gasteiger partial charge in [0.15, 0.2) is 5.78 Å². The Balaban J connectivity index is 0.000000593. The maximum Gasteiger partial charge on any atom is 0.157 e. The van der Waals surface area contributed by atoms with Crippen LogP contribution in [0.4, 0.5) is 5.69 Å². The summed E-state index contributed by atoms with van der Waals surface area (Å²) in [4.78, 5) is 13.2. The summed E-state index contributed by atoms with van der Waals surface area (Å²) in [6.45, 7) is 15.9. The van der Waals surface area contributed by atoms with Crippen LogP contribution in [0.2, 0.25) is 5.02 Å². The normalized spacial score (nSPS) is 12.9. The Hall–Kier alpha value is -2.52. The van der Waals surface area contributed by atoms with E-state index in [0.717, 1.165) is 22.5 Å². The number of Topliss-reactive ketones (excluding diaryl/α,β-unsaturated/α-hetero) is 1. The lowest BCUT2D eigenvalue weighted by molar-refractivity contribution is -0.113. The van der Waals surface area contributed by atoms with Gasteiger partial charge in [-0.05, 0) is 24.6 Å². The number of carbonyl (C=O) groups excluding carboxylic acids is 1. The summed E-state index contributed by atoms with van der Waals surface area (Å²) in [7, 11) is 0. The van der Waals surface area contributed by atoms with E-state index >= 15 is 0 Å². The molecule has 0 unspecified atom stereocenters. The molecule has 1 aromatic carbocycles. The van der Waals surface area contributed by atoms with E-state index in [1.165, 1.54) is 0 Å². The quantitative estimate of drug-likeness (QED) is 0.806. The van der Waals surface area contributed by atoms with Crippen LogP contribution >= 0.6 is 11.6 Å². The Kier molecular flexibility index (Phi) is 6.61. The van der Waals surface area contributed by atoms with Crippen LogP contribution in [0, 0.1) is 0 Å². The maximum atomic E-state index is 11.4. The van der Waals surface area contributed by atoms with Crippen molar-refractivity contribution in [1.29, 1.82) is 0 Å². The van der Waals surface area contributed by atoms with Crippen molar-refractivity contribution in [3.63, 3.8) is 0 Å². The standard InChI is InChI=1S/C15H15ClN2O.C4H6/c1-9-6-13(11(3)19)8-18(9)15-5-4-12(10(2)17)7-14(15)16;1-3-4-2/h4-5,7-8H,1-2,6,17H2,3H3;3-4H,1-2H2. The van der Waals surface area contributed by atoms with E-state index in [1.54, 1.807) is 31.3 Å². The van der Waals surface area contributed by atoms with Gasteiger partial charge < -0.3 is 10.6 Å². The largest absolute Gasteiger partial charge is 0.399 e.